The van der Waals surface area contributed by atoms with Crippen molar-refractivity contribution in [2.24, 2.45) is 0 Å². The quantitative estimate of drug-likeness (QED) is 0.766. The zero-order valence-electron chi connectivity index (χ0n) is 12.3. The lowest BCUT2D eigenvalue weighted by atomic mass is 10.1. The standard InChI is InChI=1S/C14H18N2O5S/c1-3-21-13(17)9-15-14(18)16-22(19,20)10-11(2)12-7-5-4-6-8-12/h4-8,10H,3,9H2,1-2H3,(H2,15,16,18). The van der Waals surface area contributed by atoms with Gasteiger partial charge in [-0.25, -0.2) is 17.9 Å². The first-order valence-corrected chi connectivity index (χ1v) is 8.08. The molecule has 0 bridgehead atoms. The summed E-state index contributed by atoms with van der Waals surface area (Å²) in [6, 6.07) is 7.87. The van der Waals surface area contributed by atoms with Crippen LogP contribution in [-0.4, -0.2) is 33.6 Å². The van der Waals surface area contributed by atoms with Crippen LogP contribution < -0.4 is 10.0 Å². The molecule has 0 atom stereocenters. The molecule has 0 aliphatic carbocycles. The molecule has 2 N–H and O–H groups in total. The van der Waals surface area contributed by atoms with E-state index in [1.54, 1.807) is 42.8 Å². The number of sulfonamides is 1. The average molecular weight is 326 g/mol. The van der Waals surface area contributed by atoms with Gasteiger partial charge in [0.25, 0.3) is 10.0 Å². The van der Waals surface area contributed by atoms with E-state index in [1.807, 2.05) is 6.07 Å². The van der Waals surface area contributed by atoms with Gasteiger partial charge in [0.05, 0.1) is 12.0 Å². The summed E-state index contributed by atoms with van der Waals surface area (Å²) in [7, 11) is -3.96. The molecule has 0 heterocycles. The lowest BCUT2D eigenvalue weighted by molar-refractivity contribution is -0.141. The predicted molar refractivity (Wildman–Crippen MR) is 82.2 cm³/mol. The molecule has 0 fully saturated rings. The summed E-state index contributed by atoms with van der Waals surface area (Å²) < 4.78 is 30.1. The number of ether oxygens (including phenoxy) is 1. The maximum Gasteiger partial charge on any atom is 0.329 e. The molecule has 1 aromatic rings. The van der Waals surface area contributed by atoms with E-state index in [0.717, 1.165) is 11.0 Å². The van der Waals surface area contributed by atoms with Crippen molar-refractivity contribution in [2.45, 2.75) is 13.8 Å². The van der Waals surface area contributed by atoms with Crippen molar-refractivity contribution in [3.05, 3.63) is 41.3 Å². The molecule has 2 amide bonds. The number of esters is 1. The first-order valence-electron chi connectivity index (χ1n) is 6.54. The summed E-state index contributed by atoms with van der Waals surface area (Å²) in [6.07, 6.45) is 0. The highest BCUT2D eigenvalue weighted by molar-refractivity contribution is 7.93. The minimum Gasteiger partial charge on any atom is -0.465 e. The molecule has 0 aromatic heterocycles. The van der Waals surface area contributed by atoms with E-state index in [0.29, 0.717) is 5.57 Å². The number of carbonyl (C=O) groups excluding carboxylic acids is 2. The van der Waals surface area contributed by atoms with Crippen LogP contribution in [0.4, 0.5) is 4.79 Å². The van der Waals surface area contributed by atoms with Gasteiger partial charge in [-0.2, -0.15) is 0 Å². The van der Waals surface area contributed by atoms with Crippen LogP contribution in [0.5, 0.6) is 0 Å². The fraction of sp³-hybridized carbons (Fsp3) is 0.286. The molecule has 0 saturated carbocycles. The first-order chi connectivity index (χ1) is 10.3. The Hall–Kier alpha value is -2.35. The molecular formula is C14H18N2O5S. The Bertz CT molecular complexity index is 653. The van der Waals surface area contributed by atoms with E-state index in [1.165, 1.54) is 0 Å². The lowest BCUT2D eigenvalue weighted by Gasteiger charge is -2.07. The molecule has 0 aliphatic heterocycles. The highest BCUT2D eigenvalue weighted by atomic mass is 32.2. The third-order valence-electron chi connectivity index (χ3n) is 2.49. The van der Waals surface area contributed by atoms with Crippen LogP contribution in [0, 0.1) is 0 Å². The number of benzene rings is 1. The van der Waals surface area contributed by atoms with Crippen LogP contribution >= 0.6 is 0 Å². The number of carbonyl (C=O) groups is 2. The summed E-state index contributed by atoms with van der Waals surface area (Å²) in [4.78, 5) is 22.5. The predicted octanol–water partition coefficient (Wildman–Crippen LogP) is 1.24. The number of amides is 2. The number of urea groups is 1. The fourth-order valence-electron chi connectivity index (χ4n) is 1.56. The number of nitrogens with one attached hydrogen (secondary N) is 2. The molecule has 1 aromatic carbocycles. The van der Waals surface area contributed by atoms with Crippen LogP contribution in [-0.2, 0) is 19.6 Å². The van der Waals surface area contributed by atoms with Crippen LogP contribution in [0.15, 0.2) is 35.7 Å². The van der Waals surface area contributed by atoms with E-state index in [-0.39, 0.29) is 6.61 Å². The van der Waals surface area contributed by atoms with Crippen LogP contribution in [0.1, 0.15) is 19.4 Å². The molecule has 120 valence electrons. The van der Waals surface area contributed by atoms with Gasteiger partial charge in [-0.3, -0.25) is 4.79 Å². The largest absolute Gasteiger partial charge is 0.465 e. The summed E-state index contributed by atoms with van der Waals surface area (Å²) in [6.45, 7) is 3.01. The van der Waals surface area contributed by atoms with Crippen molar-refractivity contribution in [3.8, 4) is 0 Å². The van der Waals surface area contributed by atoms with E-state index >= 15 is 0 Å². The molecule has 1 rings (SSSR count). The Balaban J connectivity index is 2.64. The molecule has 22 heavy (non-hydrogen) atoms. The number of allylic oxidation sites excluding steroid dienone is 1. The third-order valence-corrected chi connectivity index (χ3v) is 3.63. The molecule has 0 radical (unpaired) electrons. The second-order valence-electron chi connectivity index (χ2n) is 4.30. The number of hydrogen-bond donors (Lipinski definition) is 2. The smallest absolute Gasteiger partial charge is 0.329 e. The highest BCUT2D eigenvalue weighted by Crippen LogP contribution is 2.13. The molecule has 7 nitrogen and oxygen atoms in total. The van der Waals surface area contributed by atoms with Crippen molar-refractivity contribution in [3.63, 3.8) is 0 Å². The van der Waals surface area contributed by atoms with Gasteiger partial charge >= 0.3 is 12.0 Å². The van der Waals surface area contributed by atoms with Crippen molar-refractivity contribution in [1.82, 2.24) is 10.0 Å². The Labute approximate surface area is 129 Å². The van der Waals surface area contributed by atoms with Gasteiger partial charge in [0.15, 0.2) is 0 Å². The van der Waals surface area contributed by atoms with Crippen molar-refractivity contribution >= 4 is 27.6 Å². The summed E-state index contributed by atoms with van der Waals surface area (Å²) >= 11 is 0. The fourth-order valence-corrected chi connectivity index (χ4v) is 2.55. The molecule has 0 unspecified atom stereocenters. The maximum absolute atomic E-state index is 11.8. The van der Waals surface area contributed by atoms with Gasteiger partial charge in [0.1, 0.15) is 6.54 Å². The van der Waals surface area contributed by atoms with Gasteiger partial charge in [-0.05, 0) is 25.0 Å². The van der Waals surface area contributed by atoms with E-state index in [2.05, 4.69) is 10.1 Å². The van der Waals surface area contributed by atoms with E-state index in [9.17, 15) is 18.0 Å². The Morgan fingerprint density at radius 2 is 1.86 bits per heavy atom. The zero-order chi connectivity index (χ0) is 16.6. The molecule has 0 spiro atoms. The second-order valence-corrected chi connectivity index (χ2v) is 5.83. The monoisotopic (exact) mass is 326 g/mol. The minimum absolute atomic E-state index is 0.180. The van der Waals surface area contributed by atoms with Crippen LogP contribution in [0.2, 0.25) is 0 Å². The van der Waals surface area contributed by atoms with Gasteiger partial charge in [-0.15, -0.1) is 0 Å². The SMILES string of the molecule is CCOC(=O)CNC(=O)NS(=O)(=O)C=C(C)c1ccccc1. The van der Waals surface area contributed by atoms with Gasteiger partial charge in [-0.1, -0.05) is 30.3 Å². The Morgan fingerprint density at radius 1 is 1.23 bits per heavy atom. The first kappa shape index (κ1) is 17.7. The lowest BCUT2D eigenvalue weighted by Crippen LogP contribution is -2.41. The minimum atomic E-state index is -3.96. The molecule has 8 heteroatoms. The van der Waals surface area contributed by atoms with Crippen LogP contribution in [0.3, 0.4) is 0 Å². The molecular weight excluding hydrogens is 308 g/mol. The number of rotatable bonds is 6. The summed E-state index contributed by atoms with van der Waals surface area (Å²) in [5, 5.41) is 3.05. The van der Waals surface area contributed by atoms with Crippen molar-refractivity contribution in [1.29, 1.82) is 0 Å². The normalized spacial score (nSPS) is 11.6. The van der Waals surface area contributed by atoms with Gasteiger partial charge in [0, 0.05) is 0 Å². The highest BCUT2D eigenvalue weighted by Gasteiger charge is 2.13. The van der Waals surface area contributed by atoms with Crippen molar-refractivity contribution < 1.29 is 22.7 Å². The molecule has 0 aliphatic rings. The Morgan fingerprint density at radius 3 is 2.45 bits per heavy atom. The Kier molecular flexibility index (Phi) is 6.58. The van der Waals surface area contributed by atoms with Gasteiger partial charge < -0.3 is 10.1 Å². The third kappa shape index (κ3) is 6.40. The second kappa shape index (κ2) is 8.18. The van der Waals surface area contributed by atoms with Crippen LogP contribution in [0.25, 0.3) is 5.57 Å². The molecule has 0 saturated heterocycles. The topological polar surface area (TPSA) is 102 Å². The summed E-state index contributed by atoms with van der Waals surface area (Å²) in [5.41, 5.74) is 1.20. The van der Waals surface area contributed by atoms with E-state index in [4.69, 9.17) is 0 Å². The maximum atomic E-state index is 11.8. The van der Waals surface area contributed by atoms with Gasteiger partial charge in [0.2, 0.25) is 0 Å². The van der Waals surface area contributed by atoms with Crippen molar-refractivity contribution in [2.75, 3.05) is 13.2 Å². The van der Waals surface area contributed by atoms with E-state index < -0.39 is 28.6 Å². The average Bonchev–Trinajstić information content (AvgIpc) is 2.45. The summed E-state index contributed by atoms with van der Waals surface area (Å²) in [5.74, 6) is -0.647. The number of hydrogen-bond acceptors (Lipinski definition) is 5. The zero-order valence-corrected chi connectivity index (χ0v) is 13.1.